The Balaban J connectivity index is 2.13. The third-order valence-electron chi connectivity index (χ3n) is 5.03. The lowest BCUT2D eigenvalue weighted by molar-refractivity contribution is -0.132. The maximum atomic E-state index is 12.9. The first kappa shape index (κ1) is 26.6. The second-order valence-electron chi connectivity index (χ2n) is 7.68. The van der Waals surface area contributed by atoms with Gasteiger partial charge in [-0.05, 0) is 37.1 Å². The largest absolute Gasteiger partial charge is 0.462 e. The molecule has 0 radical (unpaired) electrons. The predicted molar refractivity (Wildman–Crippen MR) is 124 cm³/mol. The van der Waals surface area contributed by atoms with Crippen molar-refractivity contribution in [3.63, 3.8) is 0 Å². The van der Waals surface area contributed by atoms with Gasteiger partial charge in [0, 0.05) is 19.8 Å². The topological polar surface area (TPSA) is 105 Å². The number of para-hydroxylation sites is 2. The molecule has 0 heterocycles. The molecule has 2 atom stereocenters. The van der Waals surface area contributed by atoms with Crippen molar-refractivity contribution in [2.75, 3.05) is 6.61 Å². The molecular formula is C26H30O8. The van der Waals surface area contributed by atoms with Gasteiger partial charge in [0.15, 0.2) is 0 Å². The van der Waals surface area contributed by atoms with Gasteiger partial charge in [0.25, 0.3) is 0 Å². The summed E-state index contributed by atoms with van der Waals surface area (Å²) in [4.78, 5) is 48.2. The van der Waals surface area contributed by atoms with E-state index in [4.69, 9.17) is 18.9 Å². The molecule has 34 heavy (non-hydrogen) atoms. The first-order valence-electron chi connectivity index (χ1n) is 11.2. The van der Waals surface area contributed by atoms with Gasteiger partial charge in [-0.1, -0.05) is 44.5 Å². The van der Waals surface area contributed by atoms with Gasteiger partial charge in [-0.3, -0.25) is 9.59 Å². The van der Waals surface area contributed by atoms with Gasteiger partial charge in [0.2, 0.25) is 0 Å². The standard InChI is InChI=1S/C26H30O8/c1-5-11-22(34-26(30)21-13-8-10-15-24(21)33-18(4)28)19(6-2)16-31-25(29)20-12-7-9-14-23(20)32-17(3)27/h7-10,12-15,19,22H,5-6,11,16H2,1-4H3. The maximum absolute atomic E-state index is 12.9. The third kappa shape index (κ3) is 7.72. The Labute approximate surface area is 199 Å². The quantitative estimate of drug-likeness (QED) is 0.342. The summed E-state index contributed by atoms with van der Waals surface area (Å²) in [5.41, 5.74) is 0.271. The van der Waals surface area contributed by atoms with Crippen LogP contribution in [0.4, 0.5) is 0 Å². The van der Waals surface area contributed by atoms with Gasteiger partial charge in [-0.2, -0.15) is 0 Å². The molecule has 0 N–H and O–H groups in total. The average molecular weight is 471 g/mol. The molecule has 8 heteroatoms. The second kappa shape index (κ2) is 13.1. The minimum Gasteiger partial charge on any atom is -0.462 e. The van der Waals surface area contributed by atoms with Crippen LogP contribution in [0.3, 0.4) is 0 Å². The monoisotopic (exact) mass is 470 g/mol. The summed E-state index contributed by atoms with van der Waals surface area (Å²) < 4.78 is 21.5. The molecule has 0 aliphatic heterocycles. The van der Waals surface area contributed by atoms with Crippen molar-refractivity contribution in [3.05, 3.63) is 59.7 Å². The van der Waals surface area contributed by atoms with Crippen molar-refractivity contribution in [2.24, 2.45) is 5.92 Å². The number of hydrogen-bond acceptors (Lipinski definition) is 8. The van der Waals surface area contributed by atoms with Crippen molar-refractivity contribution in [3.8, 4) is 11.5 Å². The summed E-state index contributed by atoms with van der Waals surface area (Å²) in [5.74, 6) is -2.39. The van der Waals surface area contributed by atoms with E-state index >= 15 is 0 Å². The van der Waals surface area contributed by atoms with E-state index in [-0.39, 0.29) is 35.2 Å². The normalized spacial score (nSPS) is 12.2. The van der Waals surface area contributed by atoms with Crippen LogP contribution in [0.25, 0.3) is 0 Å². The lowest BCUT2D eigenvalue weighted by Crippen LogP contribution is -2.31. The van der Waals surface area contributed by atoms with Crippen molar-refractivity contribution in [2.45, 2.75) is 53.1 Å². The Morgan fingerprint density at radius 3 is 1.74 bits per heavy atom. The Hall–Kier alpha value is -3.68. The molecule has 2 rings (SSSR count). The molecule has 0 aliphatic carbocycles. The lowest BCUT2D eigenvalue weighted by Gasteiger charge is -2.26. The first-order valence-corrected chi connectivity index (χ1v) is 11.2. The number of esters is 4. The molecule has 0 aromatic heterocycles. The van der Waals surface area contributed by atoms with Crippen LogP contribution in [0.15, 0.2) is 48.5 Å². The summed E-state index contributed by atoms with van der Waals surface area (Å²) in [6.07, 6.45) is 1.36. The zero-order valence-corrected chi connectivity index (χ0v) is 19.9. The number of ether oxygens (including phenoxy) is 4. The molecule has 2 aromatic rings. The first-order chi connectivity index (χ1) is 16.3. The van der Waals surface area contributed by atoms with Crippen LogP contribution in [-0.4, -0.2) is 36.6 Å². The molecular weight excluding hydrogens is 440 g/mol. The molecule has 0 bridgehead atoms. The van der Waals surface area contributed by atoms with E-state index in [9.17, 15) is 19.2 Å². The molecule has 8 nitrogen and oxygen atoms in total. The number of carbonyl (C=O) groups is 4. The number of benzene rings is 2. The molecule has 0 amide bonds. The van der Waals surface area contributed by atoms with Crippen molar-refractivity contribution in [1.82, 2.24) is 0 Å². The highest BCUT2D eigenvalue weighted by Crippen LogP contribution is 2.25. The van der Waals surface area contributed by atoms with E-state index in [2.05, 4.69) is 0 Å². The third-order valence-corrected chi connectivity index (χ3v) is 5.03. The fraction of sp³-hybridized carbons (Fsp3) is 0.385. The molecule has 182 valence electrons. The zero-order valence-electron chi connectivity index (χ0n) is 19.9. The average Bonchev–Trinajstić information content (AvgIpc) is 2.79. The number of hydrogen-bond donors (Lipinski definition) is 0. The fourth-order valence-electron chi connectivity index (χ4n) is 3.38. The molecule has 0 fully saturated rings. The summed E-state index contributed by atoms with van der Waals surface area (Å²) >= 11 is 0. The van der Waals surface area contributed by atoms with Crippen LogP contribution in [-0.2, 0) is 19.1 Å². The molecule has 0 saturated carbocycles. The SMILES string of the molecule is CCCC(OC(=O)c1ccccc1OC(C)=O)C(CC)COC(=O)c1ccccc1OC(C)=O. The summed E-state index contributed by atoms with van der Waals surface area (Å²) in [6.45, 7) is 6.38. The molecule has 2 unspecified atom stereocenters. The van der Waals surface area contributed by atoms with E-state index in [1.54, 1.807) is 24.3 Å². The highest BCUT2D eigenvalue weighted by Gasteiger charge is 2.27. The van der Waals surface area contributed by atoms with Crippen LogP contribution >= 0.6 is 0 Å². The van der Waals surface area contributed by atoms with E-state index < -0.39 is 30.0 Å². The molecule has 2 aromatic carbocycles. The van der Waals surface area contributed by atoms with Crippen LogP contribution in [0, 0.1) is 5.92 Å². The Morgan fingerprint density at radius 1 is 0.765 bits per heavy atom. The Kier molecular flexibility index (Phi) is 10.3. The van der Waals surface area contributed by atoms with E-state index in [1.165, 1.54) is 38.1 Å². The Bertz CT molecular complexity index is 1010. The van der Waals surface area contributed by atoms with E-state index in [1.807, 2.05) is 13.8 Å². The minimum absolute atomic E-state index is 0.00722. The fourth-order valence-corrected chi connectivity index (χ4v) is 3.38. The van der Waals surface area contributed by atoms with Crippen LogP contribution in [0.5, 0.6) is 11.5 Å². The summed E-state index contributed by atoms with van der Waals surface area (Å²) in [7, 11) is 0. The number of carbonyl (C=O) groups excluding carboxylic acids is 4. The molecule has 0 spiro atoms. The van der Waals surface area contributed by atoms with Crippen LogP contribution < -0.4 is 9.47 Å². The smallest absolute Gasteiger partial charge is 0.342 e. The van der Waals surface area contributed by atoms with Gasteiger partial charge in [0.1, 0.15) is 28.7 Å². The summed E-state index contributed by atoms with van der Waals surface area (Å²) in [5, 5.41) is 0. The lowest BCUT2D eigenvalue weighted by atomic mass is 9.96. The van der Waals surface area contributed by atoms with Gasteiger partial charge < -0.3 is 18.9 Å². The second-order valence-corrected chi connectivity index (χ2v) is 7.68. The highest BCUT2D eigenvalue weighted by molar-refractivity contribution is 5.94. The van der Waals surface area contributed by atoms with Crippen molar-refractivity contribution < 1.29 is 38.1 Å². The van der Waals surface area contributed by atoms with Crippen LogP contribution in [0.2, 0.25) is 0 Å². The van der Waals surface area contributed by atoms with Crippen molar-refractivity contribution >= 4 is 23.9 Å². The van der Waals surface area contributed by atoms with Gasteiger partial charge in [-0.25, -0.2) is 9.59 Å². The Morgan fingerprint density at radius 2 is 1.26 bits per heavy atom. The minimum atomic E-state index is -0.642. The van der Waals surface area contributed by atoms with E-state index in [0.29, 0.717) is 12.8 Å². The molecule has 0 saturated heterocycles. The van der Waals surface area contributed by atoms with E-state index in [0.717, 1.165) is 6.42 Å². The van der Waals surface area contributed by atoms with Gasteiger partial charge in [-0.15, -0.1) is 0 Å². The molecule has 0 aliphatic rings. The zero-order chi connectivity index (χ0) is 25.1. The van der Waals surface area contributed by atoms with Gasteiger partial charge >= 0.3 is 23.9 Å². The predicted octanol–water partition coefficient (Wildman–Crippen LogP) is 4.75. The van der Waals surface area contributed by atoms with Crippen LogP contribution in [0.1, 0.15) is 67.7 Å². The highest BCUT2D eigenvalue weighted by atomic mass is 16.6. The van der Waals surface area contributed by atoms with Gasteiger partial charge in [0.05, 0.1) is 6.61 Å². The number of rotatable bonds is 11. The van der Waals surface area contributed by atoms with Crippen molar-refractivity contribution in [1.29, 1.82) is 0 Å². The summed E-state index contributed by atoms with van der Waals surface area (Å²) in [6, 6.07) is 12.7. The maximum Gasteiger partial charge on any atom is 0.342 e.